The molecule has 5 nitrogen and oxygen atoms in total. The fraction of sp³-hybridized carbons (Fsp3) is 0.105. The summed E-state index contributed by atoms with van der Waals surface area (Å²) in [4.78, 5) is 31.4. The molecule has 1 aromatic heterocycles. The Morgan fingerprint density at radius 3 is 2.40 bits per heavy atom. The number of aromatic amines is 1. The minimum atomic E-state index is -0.408. The van der Waals surface area contributed by atoms with Crippen molar-refractivity contribution in [3.8, 4) is 11.3 Å². The molecule has 25 heavy (non-hydrogen) atoms. The third kappa shape index (κ3) is 4.58. The Morgan fingerprint density at radius 2 is 1.72 bits per heavy atom. The molecule has 0 aliphatic rings. The highest BCUT2D eigenvalue weighted by atomic mass is 32.2. The summed E-state index contributed by atoms with van der Waals surface area (Å²) >= 11 is 1.22. The van der Waals surface area contributed by atoms with Crippen LogP contribution in [0.15, 0.2) is 76.7 Å². The van der Waals surface area contributed by atoms with Gasteiger partial charge in [-0.15, -0.1) is 0 Å². The molecule has 126 valence electrons. The molecule has 3 rings (SSSR count). The minimum absolute atomic E-state index is 0.149. The van der Waals surface area contributed by atoms with Crippen LogP contribution in [0.3, 0.4) is 0 Å². The summed E-state index contributed by atoms with van der Waals surface area (Å²) in [5, 5.41) is 2.85. The number of nitrogens with one attached hydrogen (secondary N) is 2. The molecule has 2 aromatic carbocycles. The summed E-state index contributed by atoms with van der Waals surface area (Å²) in [6.07, 6.45) is 0. The van der Waals surface area contributed by atoms with Gasteiger partial charge in [-0.1, -0.05) is 60.3 Å². The van der Waals surface area contributed by atoms with Crippen molar-refractivity contribution in [1.82, 2.24) is 9.97 Å². The van der Waals surface area contributed by atoms with E-state index in [0.29, 0.717) is 10.9 Å². The molecule has 0 saturated carbocycles. The zero-order valence-corrected chi connectivity index (χ0v) is 14.4. The number of hydrogen-bond donors (Lipinski definition) is 2. The fourth-order valence-electron chi connectivity index (χ4n) is 2.23. The van der Waals surface area contributed by atoms with Crippen LogP contribution in [-0.2, 0) is 4.79 Å². The predicted octanol–water partition coefficient (Wildman–Crippen LogP) is 3.56. The van der Waals surface area contributed by atoms with Crippen molar-refractivity contribution in [3.05, 3.63) is 77.1 Å². The Labute approximate surface area is 149 Å². The van der Waals surface area contributed by atoms with Gasteiger partial charge in [-0.2, -0.15) is 0 Å². The molecule has 0 bridgehead atoms. The monoisotopic (exact) mass is 351 g/mol. The van der Waals surface area contributed by atoms with Crippen molar-refractivity contribution in [2.75, 3.05) is 5.32 Å². The highest BCUT2D eigenvalue weighted by Crippen LogP contribution is 2.22. The lowest BCUT2D eigenvalue weighted by atomic mass is 10.1. The van der Waals surface area contributed by atoms with Gasteiger partial charge in [0.2, 0.25) is 5.91 Å². The van der Waals surface area contributed by atoms with E-state index in [1.807, 2.05) is 60.7 Å². The van der Waals surface area contributed by atoms with Crippen LogP contribution in [0.1, 0.15) is 6.92 Å². The summed E-state index contributed by atoms with van der Waals surface area (Å²) in [6.45, 7) is 1.78. The van der Waals surface area contributed by atoms with E-state index in [0.717, 1.165) is 11.3 Å². The molecule has 0 saturated heterocycles. The molecule has 1 atom stereocenters. The van der Waals surface area contributed by atoms with E-state index >= 15 is 0 Å². The number of carbonyl (C=O) groups is 1. The second-order valence-electron chi connectivity index (χ2n) is 5.42. The number of aromatic nitrogens is 2. The molecule has 0 radical (unpaired) electrons. The van der Waals surface area contributed by atoms with E-state index in [9.17, 15) is 9.59 Å². The second-order valence-corrected chi connectivity index (χ2v) is 6.75. The number of nitrogens with zero attached hydrogens (tertiary/aromatic N) is 1. The first-order chi connectivity index (χ1) is 12.1. The van der Waals surface area contributed by atoms with Gasteiger partial charge in [0.1, 0.15) is 0 Å². The van der Waals surface area contributed by atoms with Crippen LogP contribution in [-0.4, -0.2) is 21.1 Å². The van der Waals surface area contributed by atoms with Crippen LogP contribution in [0.25, 0.3) is 11.3 Å². The molecule has 2 N–H and O–H groups in total. The van der Waals surface area contributed by atoms with Crippen LogP contribution in [0.2, 0.25) is 0 Å². The van der Waals surface area contributed by atoms with Gasteiger partial charge in [-0.3, -0.25) is 9.59 Å². The molecule has 0 fully saturated rings. The van der Waals surface area contributed by atoms with E-state index < -0.39 is 5.25 Å². The van der Waals surface area contributed by atoms with Crippen LogP contribution >= 0.6 is 11.8 Å². The molecule has 0 aliphatic heterocycles. The van der Waals surface area contributed by atoms with E-state index in [2.05, 4.69) is 15.3 Å². The largest absolute Gasteiger partial charge is 0.325 e. The number of anilines is 1. The van der Waals surface area contributed by atoms with Gasteiger partial charge in [0.05, 0.1) is 10.9 Å². The first-order valence-electron chi connectivity index (χ1n) is 7.81. The Balaban J connectivity index is 1.75. The number of rotatable bonds is 5. The fourth-order valence-corrected chi connectivity index (χ4v) is 3.05. The Bertz CT molecular complexity index is 911. The average Bonchev–Trinajstić information content (AvgIpc) is 2.63. The molecule has 0 spiro atoms. The number of para-hydroxylation sites is 1. The molecular weight excluding hydrogens is 334 g/mol. The van der Waals surface area contributed by atoms with Crippen LogP contribution in [0.4, 0.5) is 5.69 Å². The number of thioether (sulfide) groups is 1. The first kappa shape index (κ1) is 17.0. The van der Waals surface area contributed by atoms with Crippen molar-refractivity contribution >= 4 is 23.4 Å². The smallest absolute Gasteiger partial charge is 0.252 e. The maximum Gasteiger partial charge on any atom is 0.252 e. The van der Waals surface area contributed by atoms with Crippen molar-refractivity contribution < 1.29 is 4.79 Å². The summed E-state index contributed by atoms with van der Waals surface area (Å²) in [5.74, 6) is -0.149. The molecule has 1 amide bonds. The van der Waals surface area contributed by atoms with Gasteiger partial charge >= 0.3 is 0 Å². The van der Waals surface area contributed by atoms with Gasteiger partial charge in [0.25, 0.3) is 5.56 Å². The molecule has 0 aliphatic carbocycles. The van der Waals surface area contributed by atoms with E-state index in [1.54, 1.807) is 6.92 Å². The van der Waals surface area contributed by atoms with E-state index in [-0.39, 0.29) is 11.5 Å². The maximum absolute atomic E-state index is 12.3. The topological polar surface area (TPSA) is 74.8 Å². The van der Waals surface area contributed by atoms with Crippen molar-refractivity contribution in [1.29, 1.82) is 0 Å². The Kier molecular flexibility index (Phi) is 5.30. The number of benzene rings is 2. The zero-order chi connectivity index (χ0) is 17.6. The lowest BCUT2D eigenvalue weighted by Gasteiger charge is -2.12. The molecule has 1 heterocycles. The van der Waals surface area contributed by atoms with Crippen molar-refractivity contribution in [3.63, 3.8) is 0 Å². The van der Waals surface area contributed by atoms with Gasteiger partial charge in [-0.05, 0) is 19.1 Å². The standard InChI is InChI=1S/C19H17N3O2S/c1-13(18(24)20-15-10-6-3-7-11-15)25-19-21-16(12-17(23)22-19)14-8-4-2-5-9-14/h2-13H,1H3,(H,20,24)(H,21,22,23)/t13-/m1/s1. The van der Waals surface area contributed by atoms with Crippen molar-refractivity contribution in [2.45, 2.75) is 17.3 Å². The molecule has 0 unspecified atom stereocenters. The second kappa shape index (κ2) is 7.81. The van der Waals surface area contributed by atoms with Crippen LogP contribution < -0.4 is 10.9 Å². The Morgan fingerprint density at radius 1 is 1.08 bits per heavy atom. The molecule has 6 heteroatoms. The van der Waals surface area contributed by atoms with Gasteiger partial charge < -0.3 is 10.3 Å². The minimum Gasteiger partial charge on any atom is -0.325 e. The highest BCUT2D eigenvalue weighted by molar-refractivity contribution is 8.00. The normalized spacial score (nSPS) is 11.7. The third-order valence-corrected chi connectivity index (χ3v) is 4.47. The summed E-state index contributed by atoms with van der Waals surface area (Å²) in [5.41, 5.74) is 1.94. The lowest BCUT2D eigenvalue weighted by Crippen LogP contribution is -2.23. The summed E-state index contributed by atoms with van der Waals surface area (Å²) < 4.78 is 0. The van der Waals surface area contributed by atoms with E-state index in [4.69, 9.17) is 0 Å². The first-order valence-corrected chi connectivity index (χ1v) is 8.69. The van der Waals surface area contributed by atoms with Gasteiger partial charge in [0, 0.05) is 17.3 Å². The van der Waals surface area contributed by atoms with Crippen LogP contribution in [0.5, 0.6) is 0 Å². The number of hydrogen-bond acceptors (Lipinski definition) is 4. The lowest BCUT2D eigenvalue weighted by molar-refractivity contribution is -0.115. The highest BCUT2D eigenvalue weighted by Gasteiger charge is 2.16. The summed E-state index contributed by atoms with van der Waals surface area (Å²) in [6, 6.07) is 20.2. The maximum atomic E-state index is 12.3. The Hall–Kier alpha value is -2.86. The quantitative estimate of drug-likeness (QED) is 0.544. The van der Waals surface area contributed by atoms with Crippen molar-refractivity contribution in [2.24, 2.45) is 0 Å². The number of amides is 1. The molecular formula is C19H17N3O2S. The van der Waals surface area contributed by atoms with E-state index in [1.165, 1.54) is 17.8 Å². The summed E-state index contributed by atoms with van der Waals surface area (Å²) in [7, 11) is 0. The van der Waals surface area contributed by atoms with Crippen LogP contribution in [0, 0.1) is 0 Å². The van der Waals surface area contributed by atoms with Gasteiger partial charge in [0.15, 0.2) is 5.16 Å². The SMILES string of the molecule is C[C@@H](Sc1nc(-c2ccccc2)cc(=O)[nH]1)C(=O)Nc1ccccc1. The number of H-pyrrole nitrogens is 1. The van der Waals surface area contributed by atoms with Gasteiger partial charge in [-0.25, -0.2) is 4.98 Å². The molecule has 3 aromatic rings. The third-order valence-electron chi connectivity index (χ3n) is 3.49. The number of carbonyl (C=O) groups excluding carboxylic acids is 1. The predicted molar refractivity (Wildman–Crippen MR) is 101 cm³/mol. The average molecular weight is 351 g/mol. The zero-order valence-electron chi connectivity index (χ0n) is 13.6.